The Bertz CT molecular complexity index is 438. The van der Waals surface area contributed by atoms with E-state index >= 15 is 0 Å². The maximum atomic E-state index is 12.1. The number of carboxylic acid groups (broad SMARTS) is 1. The first-order valence-electron chi connectivity index (χ1n) is 5.60. The SMILES string of the molecule is O=C(O)C1CCC(C(=O)c2ccc(Br)cc2)C1. The predicted octanol–water partition coefficient (Wildman–Crippen LogP) is 3.13. The van der Waals surface area contributed by atoms with E-state index in [0.29, 0.717) is 24.8 Å². The minimum Gasteiger partial charge on any atom is -0.481 e. The van der Waals surface area contributed by atoms with Gasteiger partial charge in [-0.2, -0.15) is 0 Å². The van der Waals surface area contributed by atoms with Crippen molar-refractivity contribution in [1.29, 1.82) is 0 Å². The molecule has 1 aromatic rings. The highest BCUT2D eigenvalue weighted by molar-refractivity contribution is 9.10. The Labute approximate surface area is 108 Å². The number of hydrogen-bond acceptors (Lipinski definition) is 2. The molecule has 4 heteroatoms. The van der Waals surface area contributed by atoms with Gasteiger partial charge in [-0.25, -0.2) is 0 Å². The van der Waals surface area contributed by atoms with Crippen LogP contribution in [0, 0.1) is 11.8 Å². The smallest absolute Gasteiger partial charge is 0.306 e. The molecule has 17 heavy (non-hydrogen) atoms. The molecule has 0 radical (unpaired) electrons. The molecule has 0 bridgehead atoms. The number of hydrogen-bond donors (Lipinski definition) is 1. The normalized spacial score (nSPS) is 23.6. The minimum atomic E-state index is -0.781. The highest BCUT2D eigenvalue weighted by Crippen LogP contribution is 2.33. The summed E-state index contributed by atoms with van der Waals surface area (Å²) in [4.78, 5) is 23.0. The van der Waals surface area contributed by atoms with Gasteiger partial charge < -0.3 is 5.11 Å². The lowest BCUT2D eigenvalue weighted by Gasteiger charge is -2.08. The fourth-order valence-corrected chi connectivity index (χ4v) is 2.56. The highest BCUT2D eigenvalue weighted by Gasteiger charge is 2.33. The molecular weight excluding hydrogens is 284 g/mol. The van der Waals surface area contributed by atoms with E-state index in [-0.39, 0.29) is 17.6 Å². The zero-order chi connectivity index (χ0) is 12.4. The topological polar surface area (TPSA) is 54.4 Å². The fourth-order valence-electron chi connectivity index (χ4n) is 2.29. The molecule has 90 valence electrons. The Hall–Kier alpha value is -1.16. The maximum absolute atomic E-state index is 12.1. The van der Waals surface area contributed by atoms with Crippen molar-refractivity contribution in [1.82, 2.24) is 0 Å². The Morgan fingerprint density at radius 1 is 1.12 bits per heavy atom. The molecule has 1 aliphatic carbocycles. The minimum absolute atomic E-state index is 0.0706. The second kappa shape index (κ2) is 5.00. The molecule has 0 amide bonds. The second-order valence-corrected chi connectivity index (χ2v) is 5.33. The molecule has 1 fully saturated rings. The van der Waals surface area contributed by atoms with E-state index in [1.165, 1.54) is 0 Å². The maximum Gasteiger partial charge on any atom is 0.306 e. The van der Waals surface area contributed by atoms with Crippen molar-refractivity contribution < 1.29 is 14.7 Å². The molecule has 1 N–H and O–H groups in total. The molecule has 0 aromatic heterocycles. The lowest BCUT2D eigenvalue weighted by Crippen LogP contribution is -2.14. The van der Waals surface area contributed by atoms with Crippen LogP contribution in [0.3, 0.4) is 0 Å². The third-order valence-electron chi connectivity index (χ3n) is 3.28. The van der Waals surface area contributed by atoms with E-state index in [2.05, 4.69) is 15.9 Å². The number of ketones is 1. The average Bonchev–Trinajstić information content (AvgIpc) is 2.78. The number of carbonyl (C=O) groups is 2. The summed E-state index contributed by atoms with van der Waals surface area (Å²) in [6, 6.07) is 7.22. The van der Waals surface area contributed by atoms with E-state index in [1.807, 2.05) is 12.1 Å². The Morgan fingerprint density at radius 3 is 2.24 bits per heavy atom. The van der Waals surface area contributed by atoms with E-state index in [9.17, 15) is 9.59 Å². The van der Waals surface area contributed by atoms with Gasteiger partial charge in [0.25, 0.3) is 0 Å². The monoisotopic (exact) mass is 296 g/mol. The highest BCUT2D eigenvalue weighted by atomic mass is 79.9. The van der Waals surface area contributed by atoms with Crippen LogP contribution >= 0.6 is 15.9 Å². The second-order valence-electron chi connectivity index (χ2n) is 4.42. The number of Topliss-reactive ketones (excluding diaryl/α,β-unsaturated/α-hetero) is 1. The van der Waals surface area contributed by atoms with E-state index < -0.39 is 5.97 Å². The first kappa shape index (κ1) is 12.3. The number of carboxylic acids is 1. The molecule has 3 nitrogen and oxygen atoms in total. The van der Waals surface area contributed by atoms with Gasteiger partial charge in [0.05, 0.1) is 5.92 Å². The van der Waals surface area contributed by atoms with Crippen LogP contribution in [-0.2, 0) is 4.79 Å². The number of benzene rings is 1. The van der Waals surface area contributed by atoms with Crippen molar-refractivity contribution >= 4 is 27.7 Å². The molecular formula is C13H13BrO3. The molecule has 0 heterocycles. The summed E-state index contributed by atoms with van der Waals surface area (Å²) < 4.78 is 0.934. The lowest BCUT2D eigenvalue weighted by molar-refractivity contribution is -0.141. The predicted molar refractivity (Wildman–Crippen MR) is 66.9 cm³/mol. The molecule has 0 aliphatic heterocycles. The molecule has 1 aromatic carbocycles. The molecule has 1 aliphatic rings. The van der Waals surface area contributed by atoms with E-state index in [0.717, 1.165) is 4.47 Å². The van der Waals surface area contributed by atoms with Gasteiger partial charge in [0.15, 0.2) is 5.78 Å². The number of carbonyl (C=O) groups excluding carboxylic acids is 1. The quantitative estimate of drug-likeness (QED) is 0.872. The standard InChI is InChI=1S/C13H13BrO3/c14-11-5-3-8(4-6-11)12(15)9-1-2-10(7-9)13(16)17/h3-6,9-10H,1-2,7H2,(H,16,17). The lowest BCUT2D eigenvalue weighted by atomic mass is 9.95. The van der Waals surface area contributed by atoms with Crippen molar-refractivity contribution in [3.63, 3.8) is 0 Å². The van der Waals surface area contributed by atoms with Crippen molar-refractivity contribution in [2.24, 2.45) is 11.8 Å². The Balaban J connectivity index is 2.07. The van der Waals surface area contributed by atoms with Crippen LogP contribution in [0.15, 0.2) is 28.7 Å². The van der Waals surface area contributed by atoms with Gasteiger partial charge in [-0.3, -0.25) is 9.59 Å². The zero-order valence-corrected chi connectivity index (χ0v) is 10.8. The van der Waals surface area contributed by atoms with Gasteiger partial charge >= 0.3 is 5.97 Å². The summed E-state index contributed by atoms with van der Waals surface area (Å²) in [6.07, 6.45) is 1.78. The van der Waals surface area contributed by atoms with Crippen LogP contribution in [0.4, 0.5) is 0 Å². The zero-order valence-electron chi connectivity index (χ0n) is 9.23. The van der Waals surface area contributed by atoms with Gasteiger partial charge in [0.2, 0.25) is 0 Å². The summed E-state index contributed by atoms with van der Waals surface area (Å²) in [7, 11) is 0. The fraction of sp³-hybridized carbons (Fsp3) is 0.385. The molecule has 0 spiro atoms. The third-order valence-corrected chi connectivity index (χ3v) is 3.81. The van der Waals surface area contributed by atoms with Crippen LogP contribution in [0.2, 0.25) is 0 Å². The summed E-state index contributed by atoms with van der Waals surface area (Å²) in [5.74, 6) is -1.19. The molecule has 2 rings (SSSR count). The summed E-state index contributed by atoms with van der Waals surface area (Å²) in [5, 5.41) is 8.90. The van der Waals surface area contributed by atoms with Crippen molar-refractivity contribution in [2.45, 2.75) is 19.3 Å². The van der Waals surface area contributed by atoms with Gasteiger partial charge in [-0.1, -0.05) is 28.1 Å². The average molecular weight is 297 g/mol. The van der Waals surface area contributed by atoms with Crippen molar-refractivity contribution in [2.75, 3.05) is 0 Å². The largest absolute Gasteiger partial charge is 0.481 e. The van der Waals surface area contributed by atoms with Gasteiger partial charge in [-0.05, 0) is 31.4 Å². The van der Waals surface area contributed by atoms with Gasteiger partial charge in [-0.15, -0.1) is 0 Å². The van der Waals surface area contributed by atoms with Crippen molar-refractivity contribution in [3.8, 4) is 0 Å². The van der Waals surface area contributed by atoms with E-state index in [1.54, 1.807) is 12.1 Å². The molecule has 1 saturated carbocycles. The summed E-state index contributed by atoms with van der Waals surface area (Å²) in [6.45, 7) is 0. The van der Waals surface area contributed by atoms with Gasteiger partial charge in [0, 0.05) is 16.0 Å². The van der Waals surface area contributed by atoms with Crippen LogP contribution < -0.4 is 0 Å². The Kier molecular flexibility index (Phi) is 3.62. The van der Waals surface area contributed by atoms with Gasteiger partial charge in [0.1, 0.15) is 0 Å². The first-order chi connectivity index (χ1) is 8.08. The van der Waals surface area contributed by atoms with E-state index in [4.69, 9.17) is 5.11 Å². The first-order valence-corrected chi connectivity index (χ1v) is 6.40. The van der Waals surface area contributed by atoms with Crippen LogP contribution in [-0.4, -0.2) is 16.9 Å². The molecule has 2 atom stereocenters. The van der Waals surface area contributed by atoms with Crippen LogP contribution in [0.1, 0.15) is 29.6 Å². The Morgan fingerprint density at radius 2 is 1.71 bits per heavy atom. The molecule has 0 saturated heterocycles. The summed E-state index contributed by atoms with van der Waals surface area (Å²) in [5.41, 5.74) is 0.671. The van der Waals surface area contributed by atoms with Crippen LogP contribution in [0.5, 0.6) is 0 Å². The van der Waals surface area contributed by atoms with Crippen molar-refractivity contribution in [3.05, 3.63) is 34.3 Å². The third kappa shape index (κ3) is 2.75. The molecule has 2 unspecified atom stereocenters. The number of rotatable bonds is 3. The number of aliphatic carboxylic acids is 1. The van der Waals surface area contributed by atoms with Crippen LogP contribution in [0.25, 0.3) is 0 Å². The number of halogens is 1. The summed E-state index contributed by atoms with van der Waals surface area (Å²) >= 11 is 3.32.